The van der Waals surface area contributed by atoms with E-state index in [1.165, 1.54) is 12.8 Å². The van der Waals surface area contributed by atoms with Crippen molar-refractivity contribution in [3.05, 3.63) is 0 Å². The molecule has 0 spiro atoms. The van der Waals surface area contributed by atoms with E-state index in [1.54, 1.807) is 0 Å². The molecule has 1 aliphatic rings. The van der Waals surface area contributed by atoms with E-state index < -0.39 is 0 Å². The second-order valence-corrected chi connectivity index (χ2v) is 6.66. The molecule has 0 saturated heterocycles. The molecule has 0 aromatic rings. The Bertz CT molecular complexity index is 238. The van der Waals surface area contributed by atoms with Crippen LogP contribution in [0.2, 0.25) is 0 Å². The van der Waals surface area contributed by atoms with E-state index in [0.29, 0.717) is 5.92 Å². The second kappa shape index (κ2) is 4.63. The summed E-state index contributed by atoms with van der Waals surface area (Å²) in [6.45, 7) is 9.83. The van der Waals surface area contributed by atoms with Crippen LogP contribution >= 0.6 is 0 Å². The molecule has 0 radical (unpaired) electrons. The van der Waals surface area contributed by atoms with Crippen molar-refractivity contribution in [3.63, 3.8) is 0 Å². The predicted octanol–water partition coefficient (Wildman–Crippen LogP) is 1.45. The van der Waals surface area contributed by atoms with Crippen LogP contribution in [0.4, 0.5) is 0 Å². The van der Waals surface area contributed by atoms with Gasteiger partial charge in [0.25, 0.3) is 0 Å². The number of aliphatic hydroxyl groups is 1. The molecule has 1 aliphatic carbocycles. The van der Waals surface area contributed by atoms with Gasteiger partial charge in [-0.1, -0.05) is 13.8 Å². The van der Waals surface area contributed by atoms with E-state index in [4.69, 9.17) is 5.73 Å². The normalized spacial score (nSPS) is 30.0. The average molecular weight is 228 g/mol. The van der Waals surface area contributed by atoms with Gasteiger partial charge in [-0.3, -0.25) is 4.90 Å². The van der Waals surface area contributed by atoms with E-state index in [1.807, 2.05) is 0 Å². The third-order valence-corrected chi connectivity index (χ3v) is 4.50. The standard InChI is InChI=1S/C13H28N2O/c1-12(2)7-6-10(11(12)14)8-15(5)13(3,4)9-16/h10-11,16H,6-9,14H2,1-5H3. The molecule has 1 rings (SSSR count). The summed E-state index contributed by atoms with van der Waals surface area (Å²) in [5.41, 5.74) is 6.43. The Morgan fingerprint density at radius 3 is 2.38 bits per heavy atom. The first kappa shape index (κ1) is 13.9. The highest BCUT2D eigenvalue weighted by atomic mass is 16.3. The van der Waals surface area contributed by atoms with E-state index >= 15 is 0 Å². The first-order valence-electron chi connectivity index (χ1n) is 6.28. The number of likely N-dealkylation sites (N-methyl/N-ethyl adjacent to an activating group) is 1. The van der Waals surface area contributed by atoms with Crippen LogP contribution in [-0.2, 0) is 0 Å². The fourth-order valence-corrected chi connectivity index (χ4v) is 2.47. The number of nitrogens with zero attached hydrogens (tertiary/aromatic N) is 1. The van der Waals surface area contributed by atoms with Crippen molar-refractivity contribution in [2.45, 2.75) is 52.1 Å². The van der Waals surface area contributed by atoms with Gasteiger partial charge in [-0.2, -0.15) is 0 Å². The molecule has 1 saturated carbocycles. The molecule has 0 heterocycles. The zero-order chi connectivity index (χ0) is 12.6. The number of aliphatic hydroxyl groups excluding tert-OH is 1. The number of nitrogens with two attached hydrogens (primary N) is 1. The van der Waals surface area contributed by atoms with Gasteiger partial charge >= 0.3 is 0 Å². The van der Waals surface area contributed by atoms with E-state index in [0.717, 1.165) is 6.54 Å². The maximum Gasteiger partial charge on any atom is 0.0609 e. The van der Waals surface area contributed by atoms with Crippen molar-refractivity contribution in [2.24, 2.45) is 17.1 Å². The van der Waals surface area contributed by atoms with Gasteiger partial charge in [0.15, 0.2) is 0 Å². The van der Waals surface area contributed by atoms with Crippen LogP contribution in [0.5, 0.6) is 0 Å². The Kier molecular flexibility index (Phi) is 4.04. The van der Waals surface area contributed by atoms with Gasteiger partial charge in [-0.15, -0.1) is 0 Å². The Morgan fingerprint density at radius 2 is 2.00 bits per heavy atom. The van der Waals surface area contributed by atoms with Gasteiger partial charge in [0, 0.05) is 18.1 Å². The van der Waals surface area contributed by atoms with Crippen molar-refractivity contribution in [1.82, 2.24) is 4.90 Å². The number of hydrogen-bond acceptors (Lipinski definition) is 3. The molecule has 96 valence electrons. The number of rotatable bonds is 4. The van der Waals surface area contributed by atoms with Crippen LogP contribution in [0.1, 0.15) is 40.5 Å². The summed E-state index contributed by atoms with van der Waals surface area (Å²) in [6, 6.07) is 0.282. The van der Waals surface area contributed by atoms with Crippen LogP contribution in [0, 0.1) is 11.3 Å². The van der Waals surface area contributed by atoms with E-state index in [2.05, 4.69) is 39.6 Å². The summed E-state index contributed by atoms with van der Waals surface area (Å²) in [4.78, 5) is 2.24. The highest BCUT2D eigenvalue weighted by molar-refractivity contribution is 4.96. The van der Waals surface area contributed by atoms with Gasteiger partial charge in [-0.05, 0) is 45.1 Å². The zero-order valence-electron chi connectivity index (χ0n) is 11.5. The zero-order valence-corrected chi connectivity index (χ0v) is 11.5. The fourth-order valence-electron chi connectivity index (χ4n) is 2.47. The lowest BCUT2D eigenvalue weighted by molar-refractivity contribution is 0.0629. The Hall–Kier alpha value is -0.120. The molecule has 0 aromatic carbocycles. The van der Waals surface area contributed by atoms with Gasteiger partial charge < -0.3 is 10.8 Å². The molecular weight excluding hydrogens is 200 g/mol. The predicted molar refractivity (Wildman–Crippen MR) is 68.3 cm³/mol. The second-order valence-electron chi connectivity index (χ2n) is 6.66. The van der Waals surface area contributed by atoms with Crippen LogP contribution < -0.4 is 5.73 Å². The van der Waals surface area contributed by atoms with Gasteiger partial charge in [0.1, 0.15) is 0 Å². The minimum Gasteiger partial charge on any atom is -0.394 e. The third kappa shape index (κ3) is 2.76. The summed E-state index contributed by atoms with van der Waals surface area (Å²) in [6.07, 6.45) is 2.42. The Labute approximate surface area is 100 Å². The van der Waals surface area contributed by atoms with Crippen LogP contribution in [-0.4, -0.2) is 41.8 Å². The lowest BCUT2D eigenvalue weighted by Gasteiger charge is -2.37. The maximum atomic E-state index is 9.33. The first-order valence-corrected chi connectivity index (χ1v) is 6.28. The van der Waals surface area contributed by atoms with Gasteiger partial charge in [0.05, 0.1) is 6.61 Å². The highest BCUT2D eigenvalue weighted by Crippen LogP contribution is 2.40. The molecule has 3 N–H and O–H groups in total. The molecule has 1 fully saturated rings. The van der Waals surface area contributed by atoms with Crippen molar-refractivity contribution in [1.29, 1.82) is 0 Å². The summed E-state index contributed by atoms with van der Waals surface area (Å²) < 4.78 is 0. The van der Waals surface area contributed by atoms with Crippen molar-refractivity contribution >= 4 is 0 Å². The summed E-state index contributed by atoms with van der Waals surface area (Å²) in [5.74, 6) is 0.561. The topological polar surface area (TPSA) is 49.5 Å². The highest BCUT2D eigenvalue weighted by Gasteiger charge is 2.40. The largest absolute Gasteiger partial charge is 0.394 e. The van der Waals surface area contributed by atoms with Crippen molar-refractivity contribution in [2.75, 3.05) is 20.2 Å². The quantitative estimate of drug-likeness (QED) is 0.766. The molecule has 0 amide bonds. The lowest BCUT2D eigenvalue weighted by Crippen LogP contribution is -2.49. The first-order chi connectivity index (χ1) is 7.20. The van der Waals surface area contributed by atoms with Crippen molar-refractivity contribution < 1.29 is 5.11 Å². The molecule has 0 aliphatic heterocycles. The smallest absolute Gasteiger partial charge is 0.0609 e. The van der Waals surface area contributed by atoms with Gasteiger partial charge in [0.2, 0.25) is 0 Å². The van der Waals surface area contributed by atoms with Crippen LogP contribution in [0.25, 0.3) is 0 Å². The summed E-state index contributed by atoms with van der Waals surface area (Å²) in [7, 11) is 2.08. The maximum absolute atomic E-state index is 9.33. The molecule has 0 aromatic heterocycles. The molecule has 0 bridgehead atoms. The molecule has 2 atom stereocenters. The molecule has 3 heteroatoms. The Morgan fingerprint density at radius 1 is 1.44 bits per heavy atom. The molecule has 16 heavy (non-hydrogen) atoms. The summed E-state index contributed by atoms with van der Waals surface area (Å²) in [5, 5.41) is 9.33. The van der Waals surface area contributed by atoms with E-state index in [-0.39, 0.29) is 23.6 Å². The van der Waals surface area contributed by atoms with Gasteiger partial charge in [-0.25, -0.2) is 0 Å². The lowest BCUT2D eigenvalue weighted by atomic mass is 9.85. The van der Waals surface area contributed by atoms with E-state index in [9.17, 15) is 5.11 Å². The molecule has 2 unspecified atom stereocenters. The van der Waals surface area contributed by atoms with Crippen LogP contribution in [0.3, 0.4) is 0 Å². The minimum atomic E-state index is -0.146. The number of hydrogen-bond donors (Lipinski definition) is 2. The Balaban J connectivity index is 2.57. The van der Waals surface area contributed by atoms with Crippen molar-refractivity contribution in [3.8, 4) is 0 Å². The molecule has 3 nitrogen and oxygen atoms in total. The monoisotopic (exact) mass is 228 g/mol. The minimum absolute atomic E-state index is 0.146. The SMILES string of the molecule is CN(CC1CCC(C)(C)C1N)C(C)(C)CO. The molecular formula is C13H28N2O. The third-order valence-electron chi connectivity index (χ3n) is 4.50. The summed E-state index contributed by atoms with van der Waals surface area (Å²) >= 11 is 0. The fraction of sp³-hybridized carbons (Fsp3) is 1.00. The van der Waals surface area contributed by atoms with Crippen LogP contribution in [0.15, 0.2) is 0 Å². The average Bonchev–Trinajstić information content (AvgIpc) is 2.45.